The van der Waals surface area contributed by atoms with Crippen LogP contribution < -0.4 is 5.32 Å². The summed E-state index contributed by atoms with van der Waals surface area (Å²) in [5.41, 5.74) is 2.86. The van der Waals surface area contributed by atoms with E-state index in [1.807, 2.05) is 43.3 Å². The number of nitrogens with one attached hydrogen (secondary N) is 1. The Morgan fingerprint density at radius 1 is 1.22 bits per heavy atom. The third-order valence-electron chi connectivity index (χ3n) is 3.45. The summed E-state index contributed by atoms with van der Waals surface area (Å²) in [6.07, 6.45) is 0. The summed E-state index contributed by atoms with van der Waals surface area (Å²) in [6, 6.07) is 15.8. The van der Waals surface area contributed by atoms with E-state index in [-0.39, 0.29) is 24.4 Å². The molecule has 0 bridgehead atoms. The molecule has 0 saturated heterocycles. The molecule has 0 saturated carbocycles. The maximum absolute atomic E-state index is 11.8. The number of hydrogen-bond donors (Lipinski definition) is 1. The van der Waals surface area contributed by atoms with E-state index < -0.39 is 0 Å². The molecule has 0 aromatic heterocycles. The van der Waals surface area contributed by atoms with Crippen LogP contribution in [-0.4, -0.2) is 12.6 Å². The van der Waals surface area contributed by atoms with Crippen LogP contribution in [0.3, 0.4) is 0 Å². The fraction of sp³-hybridized carbons (Fsp3) is 0.278. The van der Waals surface area contributed by atoms with E-state index in [9.17, 15) is 4.79 Å². The van der Waals surface area contributed by atoms with Gasteiger partial charge < -0.3 is 10.1 Å². The predicted molar refractivity (Wildman–Crippen MR) is 99.0 cm³/mol. The Balaban J connectivity index is 0.00000264. The number of halogens is 2. The van der Waals surface area contributed by atoms with Crippen LogP contribution in [0.2, 0.25) is 0 Å². The SMILES string of the molecule is CCOC(=O)c1cccc([C@H](C)NCc2ccccc2Br)c1.Cl. The van der Waals surface area contributed by atoms with Crippen molar-refractivity contribution in [2.24, 2.45) is 0 Å². The topological polar surface area (TPSA) is 38.3 Å². The van der Waals surface area contributed by atoms with Gasteiger partial charge in [-0.1, -0.05) is 46.3 Å². The van der Waals surface area contributed by atoms with Gasteiger partial charge in [0.2, 0.25) is 0 Å². The second-order valence-corrected chi connectivity index (χ2v) is 5.89. The molecule has 0 aliphatic heterocycles. The van der Waals surface area contributed by atoms with Crippen LogP contribution in [0.4, 0.5) is 0 Å². The Hall–Kier alpha value is -1.36. The summed E-state index contributed by atoms with van der Waals surface area (Å²) in [4.78, 5) is 11.8. The lowest BCUT2D eigenvalue weighted by atomic mass is 10.0. The molecule has 5 heteroatoms. The first-order valence-electron chi connectivity index (χ1n) is 7.35. The maximum Gasteiger partial charge on any atom is 0.338 e. The molecule has 2 aromatic carbocycles. The van der Waals surface area contributed by atoms with E-state index in [4.69, 9.17) is 4.74 Å². The van der Waals surface area contributed by atoms with Crippen molar-refractivity contribution < 1.29 is 9.53 Å². The van der Waals surface area contributed by atoms with Gasteiger partial charge in [0.05, 0.1) is 12.2 Å². The van der Waals surface area contributed by atoms with Crippen molar-refractivity contribution in [1.82, 2.24) is 5.32 Å². The summed E-state index contributed by atoms with van der Waals surface area (Å²) in [6.45, 7) is 5.04. The number of carbonyl (C=O) groups is 1. The van der Waals surface area contributed by atoms with Crippen molar-refractivity contribution in [3.05, 3.63) is 69.7 Å². The lowest BCUT2D eigenvalue weighted by Crippen LogP contribution is -2.18. The highest BCUT2D eigenvalue weighted by atomic mass is 79.9. The van der Waals surface area contributed by atoms with Gasteiger partial charge in [0, 0.05) is 17.1 Å². The van der Waals surface area contributed by atoms with Crippen molar-refractivity contribution in [2.75, 3.05) is 6.61 Å². The lowest BCUT2D eigenvalue weighted by molar-refractivity contribution is 0.0526. The highest BCUT2D eigenvalue weighted by Crippen LogP contribution is 2.19. The monoisotopic (exact) mass is 397 g/mol. The molecule has 3 nitrogen and oxygen atoms in total. The van der Waals surface area contributed by atoms with Crippen LogP contribution in [0.25, 0.3) is 0 Å². The van der Waals surface area contributed by atoms with Crippen molar-refractivity contribution in [3.8, 4) is 0 Å². The zero-order chi connectivity index (χ0) is 15.9. The van der Waals surface area contributed by atoms with E-state index in [2.05, 4.69) is 34.2 Å². The molecule has 2 rings (SSSR count). The molecule has 0 aliphatic carbocycles. The fourth-order valence-electron chi connectivity index (χ4n) is 2.17. The number of ether oxygens (including phenoxy) is 1. The number of rotatable bonds is 6. The van der Waals surface area contributed by atoms with E-state index in [0.717, 1.165) is 16.6 Å². The number of esters is 1. The largest absolute Gasteiger partial charge is 0.462 e. The van der Waals surface area contributed by atoms with Crippen LogP contribution in [0.5, 0.6) is 0 Å². The molecule has 1 N–H and O–H groups in total. The minimum absolute atomic E-state index is 0. The maximum atomic E-state index is 11.8. The molecule has 0 spiro atoms. The first-order valence-corrected chi connectivity index (χ1v) is 8.15. The lowest BCUT2D eigenvalue weighted by Gasteiger charge is -2.16. The van der Waals surface area contributed by atoms with Gasteiger partial charge >= 0.3 is 5.97 Å². The van der Waals surface area contributed by atoms with E-state index >= 15 is 0 Å². The van der Waals surface area contributed by atoms with Crippen LogP contribution >= 0.6 is 28.3 Å². The van der Waals surface area contributed by atoms with Gasteiger partial charge in [-0.05, 0) is 43.2 Å². The second-order valence-electron chi connectivity index (χ2n) is 5.04. The van der Waals surface area contributed by atoms with Gasteiger partial charge in [-0.3, -0.25) is 0 Å². The number of hydrogen-bond acceptors (Lipinski definition) is 3. The third kappa shape index (κ3) is 5.65. The molecule has 1 atom stereocenters. The Morgan fingerprint density at radius 3 is 2.65 bits per heavy atom. The van der Waals surface area contributed by atoms with Gasteiger partial charge in [0.1, 0.15) is 0 Å². The first-order chi connectivity index (χ1) is 10.6. The summed E-state index contributed by atoms with van der Waals surface area (Å²) in [5, 5.41) is 3.47. The summed E-state index contributed by atoms with van der Waals surface area (Å²) in [5.74, 6) is -0.276. The predicted octanol–water partition coefficient (Wildman–Crippen LogP) is 4.90. The average Bonchev–Trinajstić information content (AvgIpc) is 2.54. The van der Waals surface area contributed by atoms with E-state index in [0.29, 0.717) is 12.2 Å². The molecule has 23 heavy (non-hydrogen) atoms. The smallest absolute Gasteiger partial charge is 0.338 e. The fourth-order valence-corrected chi connectivity index (χ4v) is 2.60. The average molecular weight is 399 g/mol. The summed E-state index contributed by atoms with van der Waals surface area (Å²) >= 11 is 3.55. The Morgan fingerprint density at radius 2 is 1.96 bits per heavy atom. The zero-order valence-corrected chi connectivity index (χ0v) is 15.6. The molecule has 0 radical (unpaired) electrons. The quantitative estimate of drug-likeness (QED) is 0.703. The van der Waals surface area contributed by atoms with Crippen molar-refractivity contribution in [3.63, 3.8) is 0 Å². The molecule has 124 valence electrons. The molecule has 0 unspecified atom stereocenters. The van der Waals surface area contributed by atoms with Gasteiger partial charge in [-0.25, -0.2) is 4.79 Å². The normalized spacial score (nSPS) is 11.4. The summed E-state index contributed by atoms with van der Waals surface area (Å²) in [7, 11) is 0. The van der Waals surface area contributed by atoms with Crippen LogP contribution in [0.15, 0.2) is 53.0 Å². The highest BCUT2D eigenvalue weighted by Gasteiger charge is 2.11. The zero-order valence-electron chi connectivity index (χ0n) is 13.2. The standard InChI is InChI=1S/C18H20BrNO2.ClH/c1-3-22-18(21)15-9-6-8-14(11-15)13(2)20-12-16-7-4-5-10-17(16)19;/h4-11,13,20H,3,12H2,1-2H3;1H/t13-;/m0./s1. The van der Waals surface area contributed by atoms with Crippen molar-refractivity contribution in [1.29, 1.82) is 0 Å². The minimum Gasteiger partial charge on any atom is -0.462 e. The van der Waals surface area contributed by atoms with E-state index in [1.54, 1.807) is 6.07 Å². The van der Waals surface area contributed by atoms with Crippen LogP contribution in [0.1, 0.15) is 41.4 Å². The van der Waals surface area contributed by atoms with Crippen molar-refractivity contribution >= 4 is 34.3 Å². The van der Waals surface area contributed by atoms with Gasteiger partial charge in [0.15, 0.2) is 0 Å². The third-order valence-corrected chi connectivity index (χ3v) is 4.23. The summed E-state index contributed by atoms with van der Waals surface area (Å²) < 4.78 is 6.13. The minimum atomic E-state index is -0.276. The molecule has 0 fully saturated rings. The second kappa shape index (κ2) is 9.71. The van der Waals surface area contributed by atoms with E-state index in [1.165, 1.54) is 5.56 Å². The molecule has 0 aliphatic rings. The Bertz CT molecular complexity index is 648. The Labute approximate surface area is 152 Å². The van der Waals surface area contributed by atoms with Crippen molar-refractivity contribution in [2.45, 2.75) is 26.4 Å². The highest BCUT2D eigenvalue weighted by molar-refractivity contribution is 9.10. The van der Waals surface area contributed by atoms with Gasteiger partial charge in [0.25, 0.3) is 0 Å². The molecular formula is C18H21BrClNO2. The van der Waals surface area contributed by atoms with Crippen LogP contribution in [0, 0.1) is 0 Å². The molecule has 0 heterocycles. The molecular weight excluding hydrogens is 378 g/mol. The van der Waals surface area contributed by atoms with Crippen LogP contribution in [-0.2, 0) is 11.3 Å². The first kappa shape index (κ1) is 19.7. The number of benzene rings is 2. The van der Waals surface area contributed by atoms with Gasteiger partial charge in [-0.2, -0.15) is 0 Å². The Kier molecular flexibility index (Phi) is 8.31. The molecule has 2 aromatic rings. The number of carbonyl (C=O) groups excluding carboxylic acids is 1. The van der Waals surface area contributed by atoms with Gasteiger partial charge in [-0.15, -0.1) is 12.4 Å². The molecule has 0 amide bonds.